The second kappa shape index (κ2) is 12.9. The van der Waals surface area contributed by atoms with Crippen molar-refractivity contribution < 1.29 is 17.4 Å². The number of carbonyl (C=O) groups excluding carboxylic acids is 1. The molecule has 2 aliphatic rings. The first kappa shape index (κ1) is 28.2. The van der Waals surface area contributed by atoms with Gasteiger partial charge >= 0.3 is 16.1 Å². The van der Waals surface area contributed by atoms with Gasteiger partial charge < -0.3 is 24.7 Å². The summed E-state index contributed by atoms with van der Waals surface area (Å²) >= 11 is 0. The van der Waals surface area contributed by atoms with Gasteiger partial charge in [-0.3, -0.25) is 10.2 Å². The van der Waals surface area contributed by atoms with Crippen LogP contribution in [0.2, 0.25) is 0 Å². The van der Waals surface area contributed by atoms with Crippen LogP contribution in [0.3, 0.4) is 0 Å². The number of likely N-dealkylation sites (tertiary alicyclic amines) is 2. The number of hydrogen-bond donors (Lipinski definition) is 4. The molecule has 2 fully saturated rings. The van der Waals surface area contributed by atoms with E-state index in [9.17, 15) is 13.2 Å². The number of likely N-dealkylation sites (N-methyl/N-ethyl adjacent to an activating group) is 1. The first-order valence-corrected chi connectivity index (χ1v) is 15.6. The summed E-state index contributed by atoms with van der Waals surface area (Å²) in [4.78, 5) is 24.5. The number of aromatic amines is 1. The van der Waals surface area contributed by atoms with Crippen molar-refractivity contribution in [1.29, 1.82) is 0 Å². The third-order valence-electron chi connectivity index (χ3n) is 7.64. The number of rotatable bonds is 11. The van der Waals surface area contributed by atoms with E-state index in [0.717, 1.165) is 45.0 Å². The Morgan fingerprint density at radius 3 is 2.65 bits per heavy atom. The molecule has 1 atom stereocenters. The van der Waals surface area contributed by atoms with E-state index in [1.165, 1.54) is 32.1 Å². The maximum Gasteiger partial charge on any atom is 0.339 e. The van der Waals surface area contributed by atoms with Crippen LogP contribution in [-0.2, 0) is 10.1 Å². The van der Waals surface area contributed by atoms with E-state index >= 15 is 0 Å². The Hall–Kier alpha value is -3.35. The minimum atomic E-state index is -4.03. The Morgan fingerprint density at radius 1 is 1.07 bits per heavy atom. The van der Waals surface area contributed by atoms with Gasteiger partial charge in [0.05, 0.1) is 11.0 Å². The van der Waals surface area contributed by atoms with E-state index < -0.39 is 10.1 Å². The quantitative estimate of drug-likeness (QED) is 0.256. The molecule has 2 amide bonds. The Labute approximate surface area is 235 Å². The molecule has 3 heterocycles. The fourth-order valence-electron chi connectivity index (χ4n) is 5.45. The second-order valence-corrected chi connectivity index (χ2v) is 12.0. The molecule has 1 aromatic heterocycles. The number of fused-ring (bicyclic) bond motifs is 1. The second-order valence-electron chi connectivity index (χ2n) is 10.4. The molecule has 4 N–H and O–H groups in total. The normalized spacial score (nSPS) is 18.6. The summed E-state index contributed by atoms with van der Waals surface area (Å²) in [5.74, 6) is 0.421. The van der Waals surface area contributed by atoms with Crippen molar-refractivity contribution >= 4 is 38.8 Å². The van der Waals surface area contributed by atoms with E-state index in [4.69, 9.17) is 4.18 Å². The fourth-order valence-corrected chi connectivity index (χ4v) is 6.38. The summed E-state index contributed by atoms with van der Waals surface area (Å²) in [7, 11) is -4.03. The summed E-state index contributed by atoms with van der Waals surface area (Å²) in [5, 5.41) is 8.97. The number of urea groups is 1. The summed E-state index contributed by atoms with van der Waals surface area (Å²) in [6.45, 7) is 8.71. The maximum absolute atomic E-state index is 12.9. The van der Waals surface area contributed by atoms with Crippen molar-refractivity contribution in [2.45, 2.75) is 50.0 Å². The van der Waals surface area contributed by atoms with Gasteiger partial charge in [-0.1, -0.05) is 13.3 Å². The van der Waals surface area contributed by atoms with Crippen LogP contribution in [0.4, 0.5) is 16.4 Å². The number of amides is 2. The van der Waals surface area contributed by atoms with E-state index in [-0.39, 0.29) is 22.6 Å². The van der Waals surface area contributed by atoms with Gasteiger partial charge in [-0.15, -0.1) is 0 Å². The van der Waals surface area contributed by atoms with Crippen molar-refractivity contribution in [1.82, 2.24) is 25.1 Å². The summed E-state index contributed by atoms with van der Waals surface area (Å²) in [6, 6.07) is 11.5. The number of piperidine rings is 1. The molecule has 216 valence electrons. The molecule has 0 saturated carbocycles. The number of benzene rings is 2. The molecule has 1 unspecified atom stereocenters. The Morgan fingerprint density at radius 2 is 1.88 bits per heavy atom. The van der Waals surface area contributed by atoms with Gasteiger partial charge in [0.2, 0.25) is 5.95 Å². The van der Waals surface area contributed by atoms with Gasteiger partial charge in [-0.2, -0.15) is 8.42 Å². The van der Waals surface area contributed by atoms with Crippen LogP contribution in [0.15, 0.2) is 47.4 Å². The standard InChI is InChI=1S/C28H39N7O4S/c1-2-35-17-6-7-22(35)20-30-21-8-11-24(12-9-21)40(37,38)39-23-10-13-25-26(19-23)32-27(31-25)33-28(36)29-14-18-34-15-4-3-5-16-34/h8-13,19,22,30H,2-7,14-18,20H2,1H3,(H3,29,31,32,33,36). The monoisotopic (exact) mass is 569 g/mol. The number of hydrogen-bond acceptors (Lipinski definition) is 8. The Bertz CT molecular complexity index is 1390. The van der Waals surface area contributed by atoms with Crippen LogP contribution in [0.5, 0.6) is 5.75 Å². The lowest BCUT2D eigenvalue weighted by Crippen LogP contribution is -2.39. The van der Waals surface area contributed by atoms with Gasteiger partial charge in [0.25, 0.3) is 0 Å². The van der Waals surface area contributed by atoms with Gasteiger partial charge in [0.1, 0.15) is 10.6 Å². The number of carbonyl (C=O) groups is 1. The molecular weight excluding hydrogens is 530 g/mol. The fraction of sp³-hybridized carbons (Fsp3) is 0.500. The Balaban J connectivity index is 1.14. The van der Waals surface area contributed by atoms with E-state index in [1.807, 2.05) is 0 Å². The molecular formula is C28H39N7O4S. The predicted octanol–water partition coefficient (Wildman–Crippen LogP) is 3.83. The third-order valence-corrected chi connectivity index (χ3v) is 8.90. The zero-order chi connectivity index (χ0) is 28.0. The number of nitrogens with one attached hydrogen (secondary N) is 4. The molecule has 11 nitrogen and oxygen atoms in total. The number of aromatic nitrogens is 2. The molecule has 0 bridgehead atoms. The van der Waals surface area contributed by atoms with Crippen LogP contribution < -0.4 is 20.1 Å². The molecule has 3 aromatic rings. The summed E-state index contributed by atoms with van der Waals surface area (Å²) < 4.78 is 31.2. The molecule has 2 aliphatic heterocycles. The molecule has 40 heavy (non-hydrogen) atoms. The van der Waals surface area contributed by atoms with Gasteiger partial charge in [-0.25, -0.2) is 9.78 Å². The first-order chi connectivity index (χ1) is 19.4. The number of H-pyrrole nitrogens is 1. The third kappa shape index (κ3) is 7.23. The lowest BCUT2D eigenvalue weighted by molar-refractivity contribution is 0.224. The first-order valence-electron chi connectivity index (χ1n) is 14.2. The topological polar surface area (TPSA) is 132 Å². The highest BCUT2D eigenvalue weighted by molar-refractivity contribution is 7.87. The SMILES string of the molecule is CCN1CCCC1CNc1ccc(S(=O)(=O)Oc2ccc3nc(NC(=O)NCCN4CCCCC4)[nH]c3c2)cc1. The maximum atomic E-state index is 12.9. The lowest BCUT2D eigenvalue weighted by Gasteiger charge is -2.26. The molecule has 5 rings (SSSR count). The molecule has 2 saturated heterocycles. The average molecular weight is 570 g/mol. The molecule has 0 aliphatic carbocycles. The van der Waals surface area contributed by atoms with E-state index in [2.05, 4.69) is 42.6 Å². The van der Waals surface area contributed by atoms with Gasteiger partial charge in [-0.05, 0) is 88.3 Å². The minimum Gasteiger partial charge on any atom is -0.383 e. The van der Waals surface area contributed by atoms with Crippen molar-refractivity contribution in [3.8, 4) is 5.75 Å². The average Bonchev–Trinajstić information content (AvgIpc) is 3.58. The lowest BCUT2D eigenvalue weighted by atomic mass is 10.1. The Kier molecular flexibility index (Phi) is 9.08. The highest BCUT2D eigenvalue weighted by atomic mass is 32.2. The number of imidazole rings is 1. The molecule has 12 heteroatoms. The van der Waals surface area contributed by atoms with Crippen LogP contribution in [0.1, 0.15) is 39.0 Å². The molecule has 0 radical (unpaired) electrons. The zero-order valence-electron chi connectivity index (χ0n) is 23.0. The largest absolute Gasteiger partial charge is 0.383 e. The minimum absolute atomic E-state index is 0.0717. The number of nitrogens with zero attached hydrogens (tertiary/aromatic N) is 3. The van der Waals surface area contributed by atoms with Crippen molar-refractivity contribution in [3.63, 3.8) is 0 Å². The highest BCUT2D eigenvalue weighted by Gasteiger charge is 2.23. The van der Waals surface area contributed by atoms with Crippen LogP contribution in [0.25, 0.3) is 11.0 Å². The molecule has 2 aromatic carbocycles. The van der Waals surface area contributed by atoms with Crippen LogP contribution in [-0.4, -0.2) is 86.1 Å². The summed E-state index contributed by atoms with van der Waals surface area (Å²) in [6.07, 6.45) is 6.08. The van der Waals surface area contributed by atoms with Crippen LogP contribution >= 0.6 is 0 Å². The van der Waals surface area contributed by atoms with Crippen molar-refractivity contribution in [2.24, 2.45) is 0 Å². The highest BCUT2D eigenvalue weighted by Crippen LogP contribution is 2.25. The zero-order valence-corrected chi connectivity index (χ0v) is 23.8. The van der Waals surface area contributed by atoms with E-state index in [1.54, 1.807) is 42.5 Å². The van der Waals surface area contributed by atoms with Crippen molar-refractivity contribution in [3.05, 3.63) is 42.5 Å². The van der Waals surface area contributed by atoms with Crippen LogP contribution in [0, 0.1) is 0 Å². The number of anilines is 2. The van der Waals surface area contributed by atoms with E-state index in [0.29, 0.717) is 23.6 Å². The smallest absolute Gasteiger partial charge is 0.339 e. The summed E-state index contributed by atoms with van der Waals surface area (Å²) in [5.41, 5.74) is 1.99. The predicted molar refractivity (Wildman–Crippen MR) is 156 cm³/mol. The molecule has 0 spiro atoms. The van der Waals surface area contributed by atoms with Gasteiger partial charge in [0, 0.05) is 37.4 Å². The van der Waals surface area contributed by atoms with Crippen molar-refractivity contribution in [2.75, 3.05) is 56.4 Å². The van der Waals surface area contributed by atoms with Gasteiger partial charge in [0.15, 0.2) is 0 Å².